The molecule has 8 nitrogen and oxygen atoms in total. The average molecular weight is 511 g/mol. The number of nitrogens with one attached hydrogen (secondary N) is 2. The molecular weight excluding hydrogens is 483 g/mol. The average Bonchev–Trinajstić information content (AvgIpc) is 3.24. The largest absolute Gasteiger partial charge is 0.354 e. The van der Waals surface area contributed by atoms with Crippen LogP contribution >= 0.6 is 0 Å². The molecule has 4 aromatic rings. The summed E-state index contributed by atoms with van der Waals surface area (Å²) in [5.74, 6) is -0.748. The highest BCUT2D eigenvalue weighted by atomic mass is 19.1. The molecule has 38 heavy (non-hydrogen) atoms. The quantitative estimate of drug-likeness (QED) is 0.353. The number of hydrogen-bond donors (Lipinski definition) is 2. The second kappa shape index (κ2) is 10.4. The molecule has 0 saturated heterocycles. The normalized spacial score (nSPS) is 13.9. The number of hydrogen-bond acceptors (Lipinski definition) is 6. The number of carbonyl (C=O) groups is 2. The van der Waals surface area contributed by atoms with Gasteiger partial charge in [0.25, 0.3) is 5.91 Å². The van der Waals surface area contributed by atoms with E-state index >= 15 is 0 Å². The van der Waals surface area contributed by atoms with Crippen molar-refractivity contribution in [1.82, 2.24) is 14.9 Å². The molecule has 192 valence electrons. The van der Waals surface area contributed by atoms with Crippen molar-refractivity contribution in [2.24, 2.45) is 0 Å². The summed E-state index contributed by atoms with van der Waals surface area (Å²) in [5, 5.41) is 6.16. The van der Waals surface area contributed by atoms with Crippen LogP contribution in [0.5, 0.6) is 0 Å². The first-order valence-electron chi connectivity index (χ1n) is 12.2. The van der Waals surface area contributed by atoms with Crippen LogP contribution in [0, 0.1) is 5.82 Å². The minimum Gasteiger partial charge on any atom is -0.354 e. The third-order valence-corrected chi connectivity index (χ3v) is 6.41. The molecule has 0 radical (unpaired) electrons. The molecule has 0 unspecified atom stereocenters. The van der Waals surface area contributed by atoms with Gasteiger partial charge >= 0.3 is 0 Å². The number of nitrogens with zero attached hydrogens (tertiary/aromatic N) is 4. The third-order valence-electron chi connectivity index (χ3n) is 6.41. The van der Waals surface area contributed by atoms with Gasteiger partial charge in [-0.05, 0) is 68.7 Å². The van der Waals surface area contributed by atoms with E-state index < -0.39 is 5.82 Å². The Bertz CT molecular complexity index is 1570. The molecule has 2 heterocycles. The van der Waals surface area contributed by atoms with Crippen LogP contribution in [0.25, 0.3) is 22.3 Å². The van der Waals surface area contributed by atoms with E-state index in [9.17, 15) is 14.0 Å². The summed E-state index contributed by atoms with van der Waals surface area (Å²) in [6, 6.07) is 17.2. The lowest BCUT2D eigenvalue weighted by Gasteiger charge is -2.20. The molecule has 0 bridgehead atoms. The fourth-order valence-electron chi connectivity index (χ4n) is 4.33. The Labute approximate surface area is 219 Å². The topological polar surface area (TPSA) is 90.5 Å². The van der Waals surface area contributed by atoms with E-state index in [1.54, 1.807) is 30.4 Å². The Morgan fingerprint density at radius 2 is 1.68 bits per heavy atom. The molecular formula is C29H27FN6O2. The van der Waals surface area contributed by atoms with E-state index in [2.05, 4.69) is 20.6 Å². The summed E-state index contributed by atoms with van der Waals surface area (Å²) < 4.78 is 13.9. The number of fused-ring (bicyclic) bond motifs is 2. The molecule has 1 aliphatic heterocycles. The second-order valence-corrected chi connectivity index (χ2v) is 9.33. The van der Waals surface area contributed by atoms with Gasteiger partial charge in [0.2, 0.25) is 5.91 Å². The van der Waals surface area contributed by atoms with Gasteiger partial charge in [0.1, 0.15) is 5.82 Å². The summed E-state index contributed by atoms with van der Waals surface area (Å²) in [6.45, 7) is 0.670. The number of rotatable bonds is 7. The van der Waals surface area contributed by atoms with Crippen LogP contribution in [0.4, 0.5) is 21.5 Å². The molecule has 0 fully saturated rings. The highest BCUT2D eigenvalue weighted by Gasteiger charge is 2.29. The second-order valence-electron chi connectivity index (χ2n) is 9.33. The number of benzene rings is 3. The predicted molar refractivity (Wildman–Crippen MR) is 148 cm³/mol. The maximum absolute atomic E-state index is 13.9. The smallest absolute Gasteiger partial charge is 0.258 e. The van der Waals surface area contributed by atoms with Crippen LogP contribution in [0.3, 0.4) is 0 Å². The van der Waals surface area contributed by atoms with Gasteiger partial charge in [-0.15, -0.1) is 0 Å². The Morgan fingerprint density at radius 3 is 2.42 bits per heavy atom. The molecule has 0 aliphatic carbocycles. The Kier molecular flexibility index (Phi) is 6.85. The molecule has 5 rings (SSSR count). The maximum atomic E-state index is 13.9. The summed E-state index contributed by atoms with van der Waals surface area (Å²) >= 11 is 0. The van der Waals surface area contributed by atoms with Gasteiger partial charge in [-0.25, -0.2) is 4.39 Å². The van der Waals surface area contributed by atoms with Crippen LogP contribution in [0.1, 0.15) is 17.5 Å². The van der Waals surface area contributed by atoms with Crippen molar-refractivity contribution < 1.29 is 14.0 Å². The number of halogens is 1. The van der Waals surface area contributed by atoms with Gasteiger partial charge in [0.05, 0.1) is 28.0 Å². The fraction of sp³-hybridized carbons (Fsp3) is 0.172. The molecule has 3 aromatic carbocycles. The standard InChI is InChI=1S/C29H27FN6O2/c1-35(2)15-12-26(37)36(3)21-8-6-20(7-9-21)33-28(18-4-11-23-25(16-18)32-14-13-31-23)27-22-10-5-19(30)17-24(22)34-29(27)38/h4-11,13-14,16-17,33H,12,15H2,1-3H3,(H,34,38)/b28-27-. The summed E-state index contributed by atoms with van der Waals surface area (Å²) in [4.78, 5) is 38.0. The van der Waals surface area contributed by atoms with Crippen molar-refractivity contribution >= 4 is 51.2 Å². The number of anilines is 3. The molecule has 0 atom stereocenters. The molecule has 9 heteroatoms. The van der Waals surface area contributed by atoms with Crippen molar-refractivity contribution in [3.8, 4) is 0 Å². The lowest BCUT2D eigenvalue weighted by molar-refractivity contribution is -0.118. The van der Waals surface area contributed by atoms with Gasteiger partial charge in [0.15, 0.2) is 0 Å². The first-order valence-corrected chi connectivity index (χ1v) is 12.2. The van der Waals surface area contributed by atoms with Crippen LogP contribution in [0.2, 0.25) is 0 Å². The van der Waals surface area contributed by atoms with Crippen molar-refractivity contribution in [2.45, 2.75) is 6.42 Å². The first-order chi connectivity index (χ1) is 18.3. The molecule has 1 aliphatic rings. The van der Waals surface area contributed by atoms with Gasteiger partial charge in [-0.1, -0.05) is 6.07 Å². The Hall–Kier alpha value is -4.63. The highest BCUT2D eigenvalue weighted by Crippen LogP contribution is 2.38. The van der Waals surface area contributed by atoms with Crippen LogP contribution in [-0.2, 0) is 9.59 Å². The van der Waals surface area contributed by atoms with E-state index in [0.717, 1.165) is 16.8 Å². The van der Waals surface area contributed by atoms with Crippen molar-refractivity contribution in [2.75, 3.05) is 43.2 Å². The SMILES string of the molecule is CN(C)CCC(=O)N(C)c1ccc(N/C(=C2\C(=O)Nc3cc(F)ccc32)c2ccc3nccnc3c2)cc1. The van der Waals surface area contributed by atoms with Crippen molar-refractivity contribution in [3.05, 3.63) is 90.0 Å². The van der Waals surface area contributed by atoms with E-state index in [0.29, 0.717) is 46.7 Å². The number of carbonyl (C=O) groups excluding carboxylic acids is 2. The predicted octanol–water partition coefficient (Wildman–Crippen LogP) is 4.62. The molecule has 0 spiro atoms. The van der Waals surface area contributed by atoms with Crippen molar-refractivity contribution in [1.29, 1.82) is 0 Å². The first kappa shape index (κ1) is 25.0. The molecule has 1 aromatic heterocycles. The van der Waals surface area contributed by atoms with E-state index in [1.807, 2.05) is 61.5 Å². The van der Waals surface area contributed by atoms with Gasteiger partial charge in [0, 0.05) is 54.9 Å². The number of aromatic nitrogens is 2. The monoisotopic (exact) mass is 510 g/mol. The third kappa shape index (κ3) is 5.09. The molecule has 2 amide bonds. The Morgan fingerprint density at radius 1 is 0.947 bits per heavy atom. The lowest BCUT2D eigenvalue weighted by Crippen LogP contribution is -2.29. The van der Waals surface area contributed by atoms with Gasteiger partial charge < -0.3 is 20.4 Å². The molecule has 2 N–H and O–H groups in total. The summed E-state index contributed by atoms with van der Waals surface area (Å²) in [7, 11) is 5.62. The number of amides is 2. The van der Waals surface area contributed by atoms with Crippen LogP contribution < -0.4 is 15.5 Å². The maximum Gasteiger partial charge on any atom is 0.258 e. The fourth-order valence-corrected chi connectivity index (χ4v) is 4.33. The lowest BCUT2D eigenvalue weighted by atomic mass is 9.99. The zero-order valence-electron chi connectivity index (χ0n) is 21.3. The van der Waals surface area contributed by atoms with E-state index in [-0.39, 0.29) is 11.8 Å². The zero-order chi connectivity index (χ0) is 26.8. The van der Waals surface area contributed by atoms with E-state index in [1.165, 1.54) is 12.1 Å². The molecule has 0 saturated carbocycles. The zero-order valence-corrected chi connectivity index (χ0v) is 21.3. The van der Waals surface area contributed by atoms with Gasteiger partial charge in [-0.2, -0.15) is 0 Å². The minimum absolute atomic E-state index is 0.0194. The highest BCUT2D eigenvalue weighted by molar-refractivity contribution is 6.37. The van der Waals surface area contributed by atoms with Gasteiger partial charge in [-0.3, -0.25) is 19.6 Å². The summed E-state index contributed by atoms with van der Waals surface area (Å²) in [5.41, 5.74) is 5.55. The minimum atomic E-state index is -0.430. The summed E-state index contributed by atoms with van der Waals surface area (Å²) in [6.07, 6.45) is 3.65. The Balaban J connectivity index is 1.53. The van der Waals surface area contributed by atoms with Crippen LogP contribution in [-0.4, -0.2) is 54.4 Å². The van der Waals surface area contributed by atoms with Crippen molar-refractivity contribution in [3.63, 3.8) is 0 Å². The van der Waals surface area contributed by atoms with Crippen LogP contribution in [0.15, 0.2) is 73.1 Å². The van der Waals surface area contributed by atoms with E-state index in [4.69, 9.17) is 0 Å².